The molecule has 1 heterocycles. The molecule has 10 heavy (non-hydrogen) atoms. The molecule has 0 aliphatic carbocycles. The molecule has 56 valence electrons. The summed E-state index contributed by atoms with van der Waals surface area (Å²) in [6.07, 6.45) is 0. The average Bonchev–Trinajstić information content (AvgIpc) is 2.11. The third-order valence-corrected chi connectivity index (χ3v) is 1.74. The van der Waals surface area contributed by atoms with Crippen LogP contribution in [-0.4, -0.2) is 5.16 Å². The molecule has 4 heteroatoms. The van der Waals surface area contributed by atoms with Crippen molar-refractivity contribution in [3.63, 3.8) is 0 Å². The number of alkyl halides is 2. The molecule has 0 N–H and O–H groups in total. The summed E-state index contributed by atoms with van der Waals surface area (Å²) in [7, 11) is 0. The van der Waals surface area contributed by atoms with Crippen molar-refractivity contribution in [3.05, 3.63) is 17.0 Å². The molecule has 0 radical (unpaired) electrons. The van der Waals surface area contributed by atoms with Gasteiger partial charge in [-0.2, -0.15) is 0 Å². The Kier molecular flexibility index (Phi) is 2.21. The summed E-state index contributed by atoms with van der Waals surface area (Å²) < 4.78 is 4.84. The minimum Gasteiger partial charge on any atom is -0.361 e. The van der Waals surface area contributed by atoms with Crippen molar-refractivity contribution in [1.82, 2.24) is 5.16 Å². The highest BCUT2D eigenvalue weighted by molar-refractivity contribution is 6.44. The highest BCUT2D eigenvalue weighted by Crippen LogP contribution is 2.29. The van der Waals surface area contributed by atoms with E-state index in [9.17, 15) is 0 Å². The summed E-state index contributed by atoms with van der Waals surface area (Å²) in [5.74, 6) is 0.688. The SMILES string of the molecule is Cc1noc(C)c1C(Cl)Cl. The first kappa shape index (κ1) is 7.89. The van der Waals surface area contributed by atoms with Crippen molar-refractivity contribution in [1.29, 1.82) is 0 Å². The van der Waals surface area contributed by atoms with Crippen molar-refractivity contribution in [2.24, 2.45) is 0 Å². The van der Waals surface area contributed by atoms with Gasteiger partial charge in [-0.05, 0) is 13.8 Å². The number of halogens is 2. The number of nitrogens with zero attached hydrogens (tertiary/aromatic N) is 1. The summed E-state index contributed by atoms with van der Waals surface area (Å²) in [6.45, 7) is 3.59. The highest BCUT2D eigenvalue weighted by atomic mass is 35.5. The van der Waals surface area contributed by atoms with Gasteiger partial charge in [0, 0.05) is 0 Å². The van der Waals surface area contributed by atoms with E-state index in [4.69, 9.17) is 27.7 Å². The number of hydrogen-bond acceptors (Lipinski definition) is 2. The first-order valence-electron chi connectivity index (χ1n) is 2.84. The van der Waals surface area contributed by atoms with Crippen LogP contribution in [0.5, 0.6) is 0 Å². The van der Waals surface area contributed by atoms with Crippen LogP contribution in [0.1, 0.15) is 21.9 Å². The lowest BCUT2D eigenvalue weighted by Gasteiger charge is -1.96. The molecule has 0 aliphatic rings. The van der Waals surface area contributed by atoms with Gasteiger partial charge < -0.3 is 4.52 Å². The van der Waals surface area contributed by atoms with Crippen molar-refractivity contribution in [2.45, 2.75) is 18.7 Å². The Hall–Kier alpha value is -0.210. The molecule has 0 saturated carbocycles. The number of rotatable bonds is 1. The van der Waals surface area contributed by atoms with Crippen LogP contribution in [0.25, 0.3) is 0 Å². The zero-order valence-corrected chi connectivity index (χ0v) is 7.20. The van der Waals surface area contributed by atoms with E-state index in [2.05, 4.69) is 5.16 Å². The third kappa shape index (κ3) is 1.27. The van der Waals surface area contributed by atoms with E-state index in [1.807, 2.05) is 6.92 Å². The van der Waals surface area contributed by atoms with Crippen molar-refractivity contribution < 1.29 is 4.52 Å². The molecule has 0 unspecified atom stereocenters. The molecule has 1 rings (SSSR count). The molecule has 1 aromatic rings. The monoisotopic (exact) mass is 179 g/mol. The molecule has 0 atom stereocenters. The lowest BCUT2D eigenvalue weighted by Crippen LogP contribution is -1.84. The molecule has 1 aromatic heterocycles. The maximum atomic E-state index is 5.62. The van der Waals surface area contributed by atoms with Crippen LogP contribution < -0.4 is 0 Å². The number of hydrogen-bond donors (Lipinski definition) is 0. The van der Waals surface area contributed by atoms with Crippen molar-refractivity contribution >= 4 is 23.2 Å². The van der Waals surface area contributed by atoms with Gasteiger partial charge in [0.25, 0.3) is 0 Å². The largest absolute Gasteiger partial charge is 0.361 e. The molecule has 0 amide bonds. The molecule has 0 bridgehead atoms. The van der Waals surface area contributed by atoms with E-state index < -0.39 is 4.84 Å². The van der Waals surface area contributed by atoms with Crippen molar-refractivity contribution in [3.8, 4) is 0 Å². The number of aromatic nitrogens is 1. The highest BCUT2D eigenvalue weighted by Gasteiger charge is 2.14. The number of aryl methyl sites for hydroxylation is 2. The Morgan fingerprint density at radius 3 is 2.20 bits per heavy atom. The Morgan fingerprint density at radius 2 is 2.00 bits per heavy atom. The summed E-state index contributed by atoms with van der Waals surface area (Å²) in [5, 5.41) is 3.69. The van der Waals surface area contributed by atoms with E-state index >= 15 is 0 Å². The predicted octanol–water partition coefficient (Wildman–Crippen LogP) is 2.77. The van der Waals surface area contributed by atoms with Crippen molar-refractivity contribution in [2.75, 3.05) is 0 Å². The molecular formula is C6H7Cl2NO. The van der Waals surface area contributed by atoms with E-state index in [1.165, 1.54) is 0 Å². The van der Waals surface area contributed by atoms with Crippen LogP contribution in [0.4, 0.5) is 0 Å². The maximum absolute atomic E-state index is 5.62. The molecule has 0 aliphatic heterocycles. The Labute approximate surface area is 69.1 Å². The Balaban J connectivity index is 3.10. The normalized spacial score (nSPS) is 10.9. The first-order valence-corrected chi connectivity index (χ1v) is 3.71. The Bertz CT molecular complexity index is 212. The predicted molar refractivity (Wildman–Crippen MR) is 40.4 cm³/mol. The fourth-order valence-corrected chi connectivity index (χ4v) is 1.42. The van der Waals surface area contributed by atoms with Gasteiger partial charge in [-0.15, -0.1) is 0 Å². The molecule has 2 nitrogen and oxygen atoms in total. The second kappa shape index (κ2) is 2.81. The molecular weight excluding hydrogens is 173 g/mol. The topological polar surface area (TPSA) is 26.0 Å². The van der Waals surface area contributed by atoms with E-state index in [0.29, 0.717) is 5.76 Å². The zero-order valence-electron chi connectivity index (χ0n) is 5.69. The van der Waals surface area contributed by atoms with Crippen LogP contribution in [0.2, 0.25) is 0 Å². The van der Waals surface area contributed by atoms with Crippen LogP contribution in [0, 0.1) is 13.8 Å². The quantitative estimate of drug-likeness (QED) is 0.621. The fraction of sp³-hybridized carbons (Fsp3) is 0.500. The fourth-order valence-electron chi connectivity index (χ4n) is 0.802. The summed E-state index contributed by atoms with van der Waals surface area (Å²) >= 11 is 11.2. The summed E-state index contributed by atoms with van der Waals surface area (Å²) in [6, 6.07) is 0. The Morgan fingerprint density at radius 1 is 1.40 bits per heavy atom. The standard InChI is InChI=1S/C6H7Cl2NO/c1-3-5(6(7)8)4(2)10-9-3/h6H,1-2H3. The average molecular weight is 180 g/mol. The minimum absolute atomic E-state index is 0.536. The van der Waals surface area contributed by atoms with Crippen LogP contribution in [-0.2, 0) is 0 Å². The smallest absolute Gasteiger partial charge is 0.139 e. The first-order chi connectivity index (χ1) is 4.63. The van der Waals surface area contributed by atoms with E-state index in [-0.39, 0.29) is 0 Å². The van der Waals surface area contributed by atoms with Gasteiger partial charge >= 0.3 is 0 Å². The molecule has 0 fully saturated rings. The van der Waals surface area contributed by atoms with Gasteiger partial charge in [-0.25, -0.2) is 0 Å². The van der Waals surface area contributed by atoms with Gasteiger partial charge in [0.15, 0.2) is 0 Å². The second-order valence-corrected chi connectivity index (χ2v) is 3.13. The second-order valence-electron chi connectivity index (χ2n) is 2.04. The lowest BCUT2D eigenvalue weighted by atomic mass is 10.2. The van der Waals surface area contributed by atoms with E-state index in [0.717, 1.165) is 11.3 Å². The van der Waals surface area contributed by atoms with Gasteiger partial charge in [0.05, 0.1) is 11.3 Å². The van der Waals surface area contributed by atoms with Crippen LogP contribution >= 0.6 is 23.2 Å². The minimum atomic E-state index is -0.536. The maximum Gasteiger partial charge on any atom is 0.139 e. The zero-order chi connectivity index (χ0) is 7.72. The third-order valence-electron chi connectivity index (χ3n) is 1.31. The van der Waals surface area contributed by atoms with Gasteiger partial charge in [-0.1, -0.05) is 28.4 Å². The summed E-state index contributed by atoms with van der Waals surface area (Å²) in [5.41, 5.74) is 1.54. The van der Waals surface area contributed by atoms with Crippen LogP contribution in [0.15, 0.2) is 4.52 Å². The van der Waals surface area contributed by atoms with E-state index in [1.54, 1.807) is 6.92 Å². The summed E-state index contributed by atoms with van der Waals surface area (Å²) in [4.78, 5) is -0.536. The molecule has 0 saturated heterocycles. The van der Waals surface area contributed by atoms with Gasteiger partial charge in [0.1, 0.15) is 10.6 Å². The lowest BCUT2D eigenvalue weighted by molar-refractivity contribution is 0.392. The van der Waals surface area contributed by atoms with Gasteiger partial charge in [0.2, 0.25) is 0 Å². The van der Waals surface area contributed by atoms with Crippen LogP contribution in [0.3, 0.4) is 0 Å². The molecule has 0 aromatic carbocycles. The van der Waals surface area contributed by atoms with Gasteiger partial charge in [-0.3, -0.25) is 0 Å². The molecule has 0 spiro atoms.